The Bertz CT molecular complexity index is 492. The standard InChI is InChI=1S/C8H10O5S2/c1-6-3-4-7(2)8(5-6)15(11,12)13-14(9)10/h3-5H,1-2H3,(H,9,10)/p-1. The zero-order chi connectivity index (χ0) is 11.6. The predicted octanol–water partition coefficient (Wildman–Crippen LogP) is 0.803. The lowest BCUT2D eigenvalue weighted by molar-refractivity contribution is 0.429. The second-order valence-corrected chi connectivity index (χ2v) is 5.30. The highest BCUT2D eigenvalue weighted by atomic mass is 32.3. The fourth-order valence-corrected chi connectivity index (χ4v) is 2.76. The molecule has 0 bridgehead atoms. The minimum absolute atomic E-state index is 0.133. The number of hydrogen-bond donors (Lipinski definition) is 0. The molecular weight excluding hydrogens is 240 g/mol. The molecule has 0 N–H and O–H groups in total. The normalized spacial score (nSPS) is 13.8. The molecule has 1 rings (SSSR count). The van der Waals surface area contributed by atoms with Crippen molar-refractivity contribution in [2.75, 3.05) is 0 Å². The van der Waals surface area contributed by atoms with Crippen LogP contribution in [0.25, 0.3) is 0 Å². The lowest BCUT2D eigenvalue weighted by Crippen LogP contribution is -2.10. The van der Waals surface area contributed by atoms with E-state index in [4.69, 9.17) is 0 Å². The molecule has 0 fully saturated rings. The Kier molecular flexibility index (Phi) is 3.61. The molecule has 1 unspecified atom stereocenters. The van der Waals surface area contributed by atoms with Gasteiger partial charge in [0.25, 0.3) is 0 Å². The molecule has 5 nitrogen and oxygen atoms in total. The van der Waals surface area contributed by atoms with Gasteiger partial charge in [-0.3, -0.25) is 0 Å². The van der Waals surface area contributed by atoms with Crippen LogP contribution in [-0.2, 0) is 25.1 Å². The van der Waals surface area contributed by atoms with E-state index >= 15 is 0 Å². The lowest BCUT2D eigenvalue weighted by Gasteiger charge is -2.09. The summed E-state index contributed by atoms with van der Waals surface area (Å²) in [7, 11) is -4.23. The van der Waals surface area contributed by atoms with Gasteiger partial charge < -0.3 is 4.55 Å². The summed E-state index contributed by atoms with van der Waals surface area (Å²) in [6.45, 7) is 3.26. The van der Waals surface area contributed by atoms with Crippen molar-refractivity contribution >= 4 is 21.5 Å². The second-order valence-electron chi connectivity index (χ2n) is 3.00. The highest BCUT2D eigenvalue weighted by Crippen LogP contribution is 2.19. The van der Waals surface area contributed by atoms with E-state index in [1.807, 2.05) is 0 Å². The Morgan fingerprint density at radius 2 is 1.93 bits per heavy atom. The second kappa shape index (κ2) is 4.40. The van der Waals surface area contributed by atoms with Crippen LogP contribution in [0.4, 0.5) is 0 Å². The summed E-state index contributed by atoms with van der Waals surface area (Å²) in [4.78, 5) is -0.133. The van der Waals surface area contributed by atoms with Gasteiger partial charge in [0, 0.05) is 0 Å². The first-order chi connectivity index (χ1) is 6.83. The van der Waals surface area contributed by atoms with Gasteiger partial charge in [-0.15, -0.1) is 0 Å². The summed E-state index contributed by atoms with van der Waals surface area (Å²) in [6, 6.07) is 4.67. The van der Waals surface area contributed by atoms with E-state index < -0.39 is 21.5 Å². The summed E-state index contributed by atoms with van der Waals surface area (Å²) in [6.07, 6.45) is 0. The van der Waals surface area contributed by atoms with E-state index in [-0.39, 0.29) is 4.90 Å². The van der Waals surface area contributed by atoms with Crippen LogP contribution in [0, 0.1) is 13.8 Å². The van der Waals surface area contributed by atoms with Crippen molar-refractivity contribution < 1.29 is 20.8 Å². The van der Waals surface area contributed by atoms with E-state index in [1.54, 1.807) is 26.0 Å². The maximum atomic E-state index is 11.4. The molecule has 0 heterocycles. The third kappa shape index (κ3) is 3.10. The summed E-state index contributed by atoms with van der Waals surface area (Å²) in [5.74, 6) is 0. The fraction of sp³-hybridized carbons (Fsp3) is 0.250. The summed E-state index contributed by atoms with van der Waals surface area (Å²) in [5, 5.41) is 0. The van der Waals surface area contributed by atoms with Crippen molar-refractivity contribution in [3.05, 3.63) is 29.3 Å². The van der Waals surface area contributed by atoms with E-state index in [0.717, 1.165) is 0 Å². The first-order valence-corrected chi connectivity index (χ1v) is 6.35. The predicted molar refractivity (Wildman–Crippen MR) is 53.1 cm³/mol. The Hall–Kier alpha value is -0.760. The van der Waals surface area contributed by atoms with E-state index in [2.05, 4.69) is 3.63 Å². The molecule has 1 aromatic carbocycles. The van der Waals surface area contributed by atoms with E-state index in [1.165, 1.54) is 6.07 Å². The minimum atomic E-state index is -4.23. The van der Waals surface area contributed by atoms with Crippen LogP contribution in [0.15, 0.2) is 23.1 Å². The van der Waals surface area contributed by atoms with Crippen molar-refractivity contribution in [2.45, 2.75) is 18.7 Å². The molecule has 0 saturated carbocycles. The zero-order valence-electron chi connectivity index (χ0n) is 8.09. The molecular formula is C8H9O5S2-. The van der Waals surface area contributed by atoms with Crippen molar-refractivity contribution in [3.63, 3.8) is 0 Å². The highest BCUT2D eigenvalue weighted by Gasteiger charge is 2.18. The Balaban J connectivity index is 3.26. The molecule has 84 valence electrons. The number of hydrogen-bond acceptors (Lipinski definition) is 5. The van der Waals surface area contributed by atoms with Gasteiger partial charge in [-0.05, 0) is 31.0 Å². The van der Waals surface area contributed by atoms with Crippen LogP contribution in [-0.4, -0.2) is 17.2 Å². The number of aryl methyl sites for hydroxylation is 2. The van der Waals surface area contributed by atoms with Gasteiger partial charge in [0.2, 0.25) is 0 Å². The van der Waals surface area contributed by atoms with Crippen LogP contribution in [0.3, 0.4) is 0 Å². The van der Waals surface area contributed by atoms with Crippen LogP contribution in [0.1, 0.15) is 11.1 Å². The van der Waals surface area contributed by atoms with Crippen molar-refractivity contribution in [1.29, 1.82) is 0 Å². The molecule has 0 spiro atoms. The van der Waals surface area contributed by atoms with Crippen molar-refractivity contribution in [1.82, 2.24) is 0 Å². The monoisotopic (exact) mass is 249 g/mol. The molecule has 0 aromatic heterocycles. The SMILES string of the molecule is Cc1ccc(C)c(S(=O)(=O)OS(=O)[O-])c1. The first-order valence-electron chi connectivity index (χ1n) is 3.94. The molecule has 0 aliphatic rings. The molecule has 1 atom stereocenters. The third-order valence-corrected chi connectivity index (χ3v) is 3.90. The van der Waals surface area contributed by atoms with Crippen LogP contribution < -0.4 is 0 Å². The molecule has 7 heteroatoms. The average molecular weight is 249 g/mol. The Labute approximate surface area is 90.7 Å². The number of benzene rings is 1. The van der Waals surface area contributed by atoms with Gasteiger partial charge in [-0.1, -0.05) is 12.1 Å². The maximum Gasteiger partial charge on any atom is 0.309 e. The van der Waals surface area contributed by atoms with E-state index in [0.29, 0.717) is 11.1 Å². The largest absolute Gasteiger partial charge is 0.749 e. The van der Waals surface area contributed by atoms with Gasteiger partial charge in [0.1, 0.15) is 11.4 Å². The summed E-state index contributed by atoms with van der Waals surface area (Å²) >= 11 is -3.09. The molecule has 0 aliphatic carbocycles. The van der Waals surface area contributed by atoms with Crippen molar-refractivity contribution in [2.24, 2.45) is 0 Å². The fourth-order valence-electron chi connectivity index (χ4n) is 1.09. The number of rotatable bonds is 3. The lowest BCUT2D eigenvalue weighted by atomic mass is 10.2. The quantitative estimate of drug-likeness (QED) is 0.740. The first kappa shape index (κ1) is 12.3. The van der Waals surface area contributed by atoms with Gasteiger partial charge in [-0.2, -0.15) is 12.0 Å². The highest BCUT2D eigenvalue weighted by molar-refractivity contribution is 7.95. The third-order valence-electron chi connectivity index (χ3n) is 1.76. The van der Waals surface area contributed by atoms with Gasteiger partial charge >= 0.3 is 10.1 Å². The summed E-state index contributed by atoms with van der Waals surface area (Å²) in [5.41, 5.74) is 1.14. The maximum absolute atomic E-state index is 11.4. The van der Waals surface area contributed by atoms with Crippen LogP contribution in [0.5, 0.6) is 0 Å². The van der Waals surface area contributed by atoms with Crippen molar-refractivity contribution in [3.8, 4) is 0 Å². The molecule has 0 saturated heterocycles. The minimum Gasteiger partial charge on any atom is -0.749 e. The smallest absolute Gasteiger partial charge is 0.309 e. The Morgan fingerprint density at radius 1 is 1.33 bits per heavy atom. The van der Waals surface area contributed by atoms with Gasteiger partial charge in [0.05, 0.1) is 4.90 Å². The summed E-state index contributed by atoms with van der Waals surface area (Å²) < 4.78 is 47.0. The molecule has 0 amide bonds. The van der Waals surface area contributed by atoms with Gasteiger partial charge in [0.15, 0.2) is 0 Å². The van der Waals surface area contributed by atoms with Crippen LogP contribution in [0.2, 0.25) is 0 Å². The van der Waals surface area contributed by atoms with E-state index in [9.17, 15) is 17.2 Å². The Morgan fingerprint density at radius 3 is 2.47 bits per heavy atom. The van der Waals surface area contributed by atoms with Gasteiger partial charge in [-0.25, -0.2) is 4.21 Å². The molecule has 0 radical (unpaired) electrons. The zero-order valence-corrected chi connectivity index (χ0v) is 9.72. The molecule has 0 aliphatic heterocycles. The molecule has 15 heavy (non-hydrogen) atoms. The van der Waals surface area contributed by atoms with Crippen LogP contribution >= 0.6 is 0 Å². The topological polar surface area (TPSA) is 83.5 Å². The molecule has 1 aromatic rings. The average Bonchev–Trinajstić information content (AvgIpc) is 2.06.